The van der Waals surface area contributed by atoms with Gasteiger partial charge in [0.05, 0.1) is 12.2 Å². The van der Waals surface area contributed by atoms with Gasteiger partial charge in [-0.05, 0) is 26.7 Å². The number of rotatable bonds is 18. The second-order valence-corrected chi connectivity index (χ2v) is 7.52. The second-order valence-electron chi connectivity index (χ2n) is 6.99. The van der Waals surface area contributed by atoms with Crippen LogP contribution in [0.2, 0.25) is 0 Å². The van der Waals surface area contributed by atoms with E-state index in [0.717, 1.165) is 12.8 Å². The highest BCUT2D eigenvalue weighted by Crippen LogP contribution is 2.19. The molecule has 2 atom stereocenters. The zero-order valence-electron chi connectivity index (χ0n) is 16.3. The molecule has 23 heavy (non-hydrogen) atoms. The first kappa shape index (κ1) is 23.3. The Morgan fingerprint density at radius 1 is 0.565 bits per heavy atom. The van der Waals surface area contributed by atoms with Gasteiger partial charge in [-0.25, -0.2) is 0 Å². The summed E-state index contributed by atoms with van der Waals surface area (Å²) in [6.07, 6.45) is 19.1. The number of hydrogen-bond acceptors (Lipinski definition) is 3. The normalized spacial score (nSPS) is 14.1. The minimum absolute atomic E-state index is 0.299. The van der Waals surface area contributed by atoms with Gasteiger partial charge in [0.25, 0.3) is 0 Å². The Bertz CT molecular complexity index is 202. The lowest BCUT2D eigenvalue weighted by atomic mass is 10.1. The third-order valence-electron chi connectivity index (χ3n) is 4.34. The Hall–Kier alpha value is 0.270. The van der Waals surface area contributed by atoms with Crippen molar-refractivity contribution in [3.8, 4) is 0 Å². The summed E-state index contributed by atoms with van der Waals surface area (Å²) in [5.41, 5.74) is 0. The van der Waals surface area contributed by atoms with E-state index < -0.39 is 0 Å². The quantitative estimate of drug-likeness (QED) is 0.186. The molecule has 0 N–H and O–H groups in total. The minimum atomic E-state index is 0.299. The lowest BCUT2D eigenvalue weighted by Crippen LogP contribution is -2.07. The molecule has 2 nitrogen and oxygen atoms in total. The van der Waals surface area contributed by atoms with Gasteiger partial charge < -0.3 is 0 Å². The lowest BCUT2D eigenvalue weighted by Gasteiger charge is -2.14. The van der Waals surface area contributed by atoms with Crippen molar-refractivity contribution in [2.45, 2.75) is 130 Å². The summed E-state index contributed by atoms with van der Waals surface area (Å²) in [5.74, 6) is 0. The molecule has 0 aromatic carbocycles. The fourth-order valence-electron chi connectivity index (χ4n) is 2.68. The average molecular weight is 347 g/mol. The van der Waals surface area contributed by atoms with Crippen LogP contribution in [-0.2, 0) is 8.37 Å². The third kappa shape index (κ3) is 18.4. The van der Waals surface area contributed by atoms with Crippen LogP contribution in [0.3, 0.4) is 0 Å². The zero-order valence-corrected chi connectivity index (χ0v) is 17.1. The van der Waals surface area contributed by atoms with Crippen LogP contribution in [0.25, 0.3) is 0 Å². The van der Waals surface area contributed by atoms with Crippen molar-refractivity contribution in [1.82, 2.24) is 0 Å². The van der Waals surface area contributed by atoms with Gasteiger partial charge in [0.1, 0.15) is 0 Å². The largest absolute Gasteiger partial charge is 0.288 e. The van der Waals surface area contributed by atoms with Crippen molar-refractivity contribution < 1.29 is 8.37 Å². The molecular weight excluding hydrogens is 304 g/mol. The molecule has 0 aliphatic heterocycles. The molecule has 0 aromatic heterocycles. The molecule has 0 spiro atoms. The number of unbranched alkanes of at least 4 members (excludes halogenated alkanes) is 10. The summed E-state index contributed by atoms with van der Waals surface area (Å²) in [5, 5.41) is 0. The molecule has 0 bridgehead atoms. The van der Waals surface area contributed by atoms with E-state index in [1.54, 1.807) is 0 Å². The van der Waals surface area contributed by atoms with E-state index in [2.05, 4.69) is 27.7 Å². The van der Waals surface area contributed by atoms with Gasteiger partial charge in [0.2, 0.25) is 0 Å². The topological polar surface area (TPSA) is 18.5 Å². The van der Waals surface area contributed by atoms with Crippen molar-refractivity contribution in [1.29, 1.82) is 0 Å². The third-order valence-corrected chi connectivity index (χ3v) is 5.15. The highest BCUT2D eigenvalue weighted by Gasteiger charge is 2.07. The van der Waals surface area contributed by atoms with Gasteiger partial charge in [0, 0.05) is 0 Å². The molecule has 0 aliphatic carbocycles. The van der Waals surface area contributed by atoms with Gasteiger partial charge in [-0.2, -0.15) is 0 Å². The van der Waals surface area contributed by atoms with Crippen LogP contribution < -0.4 is 0 Å². The average Bonchev–Trinajstić information content (AvgIpc) is 2.54. The van der Waals surface area contributed by atoms with Crippen molar-refractivity contribution in [2.24, 2.45) is 0 Å². The van der Waals surface area contributed by atoms with Crippen molar-refractivity contribution >= 4 is 12.3 Å². The molecule has 0 radical (unpaired) electrons. The first-order valence-corrected chi connectivity index (χ1v) is 10.9. The predicted molar refractivity (Wildman–Crippen MR) is 105 cm³/mol. The lowest BCUT2D eigenvalue weighted by molar-refractivity contribution is 0.175. The van der Waals surface area contributed by atoms with E-state index in [1.165, 1.54) is 89.4 Å². The maximum atomic E-state index is 5.69. The van der Waals surface area contributed by atoms with Gasteiger partial charge >= 0.3 is 0 Å². The molecule has 0 aliphatic rings. The molecule has 3 heteroatoms. The van der Waals surface area contributed by atoms with E-state index in [-0.39, 0.29) is 0 Å². The van der Waals surface area contributed by atoms with Gasteiger partial charge in [-0.15, -0.1) is 0 Å². The van der Waals surface area contributed by atoms with Crippen LogP contribution in [-0.4, -0.2) is 12.2 Å². The van der Waals surface area contributed by atoms with Crippen LogP contribution in [0.4, 0.5) is 0 Å². The minimum Gasteiger partial charge on any atom is -0.288 e. The number of hydrogen-bond donors (Lipinski definition) is 0. The molecule has 0 amide bonds. The molecule has 0 aromatic rings. The Kier molecular flexibility index (Phi) is 18.8. The molecule has 0 rings (SSSR count). The van der Waals surface area contributed by atoms with Gasteiger partial charge in [0.15, 0.2) is 12.3 Å². The van der Waals surface area contributed by atoms with Crippen LogP contribution in [0.15, 0.2) is 0 Å². The summed E-state index contributed by atoms with van der Waals surface area (Å²) in [4.78, 5) is 0. The molecule has 2 unspecified atom stereocenters. The second kappa shape index (κ2) is 18.6. The van der Waals surface area contributed by atoms with Crippen molar-refractivity contribution in [3.63, 3.8) is 0 Å². The first-order valence-electron chi connectivity index (χ1n) is 10.2. The van der Waals surface area contributed by atoms with Crippen LogP contribution >= 0.6 is 12.3 Å². The fraction of sp³-hybridized carbons (Fsp3) is 1.00. The zero-order chi connectivity index (χ0) is 17.2. The van der Waals surface area contributed by atoms with Crippen molar-refractivity contribution in [2.75, 3.05) is 0 Å². The van der Waals surface area contributed by atoms with Crippen LogP contribution in [0, 0.1) is 0 Å². The highest BCUT2D eigenvalue weighted by atomic mass is 32.2. The van der Waals surface area contributed by atoms with Crippen LogP contribution in [0.1, 0.15) is 118 Å². The standard InChI is InChI=1S/C20H42O2S/c1-5-7-9-11-13-15-17-19(3)21-23-22-20(4)18-16-14-12-10-8-6-2/h19-20H,5-18H2,1-4H3. The Balaban J connectivity index is 3.30. The van der Waals surface area contributed by atoms with Crippen molar-refractivity contribution in [3.05, 3.63) is 0 Å². The van der Waals surface area contributed by atoms with E-state index in [1.807, 2.05) is 0 Å². The molecule has 0 heterocycles. The molecule has 0 fully saturated rings. The Morgan fingerprint density at radius 2 is 0.913 bits per heavy atom. The summed E-state index contributed by atoms with van der Waals surface area (Å²) >= 11 is 1.21. The Labute approximate surface area is 150 Å². The molecule has 0 saturated carbocycles. The summed E-state index contributed by atoms with van der Waals surface area (Å²) in [6, 6.07) is 0. The molecule has 0 saturated heterocycles. The summed E-state index contributed by atoms with van der Waals surface area (Å²) in [6.45, 7) is 8.84. The van der Waals surface area contributed by atoms with E-state index in [4.69, 9.17) is 8.37 Å². The highest BCUT2D eigenvalue weighted by molar-refractivity contribution is 7.89. The Morgan fingerprint density at radius 3 is 1.30 bits per heavy atom. The first-order chi connectivity index (χ1) is 11.2. The summed E-state index contributed by atoms with van der Waals surface area (Å²) in [7, 11) is 0. The maximum Gasteiger partial charge on any atom is 0.159 e. The van der Waals surface area contributed by atoms with Crippen LogP contribution in [0.5, 0.6) is 0 Å². The van der Waals surface area contributed by atoms with E-state index in [9.17, 15) is 0 Å². The molecular formula is C20H42O2S. The monoisotopic (exact) mass is 346 g/mol. The van der Waals surface area contributed by atoms with E-state index in [0.29, 0.717) is 12.2 Å². The fourth-order valence-corrected chi connectivity index (χ4v) is 3.18. The van der Waals surface area contributed by atoms with Gasteiger partial charge in [-0.3, -0.25) is 8.37 Å². The predicted octanol–water partition coefficient (Wildman–Crippen LogP) is 7.86. The molecule has 140 valence electrons. The van der Waals surface area contributed by atoms with Gasteiger partial charge in [-0.1, -0.05) is 90.9 Å². The maximum absolute atomic E-state index is 5.69. The van der Waals surface area contributed by atoms with E-state index >= 15 is 0 Å². The SMILES string of the molecule is CCCCCCCCC(C)OSOC(C)CCCCCCCC. The summed E-state index contributed by atoms with van der Waals surface area (Å²) < 4.78 is 11.4. The smallest absolute Gasteiger partial charge is 0.159 e.